The zero-order valence-corrected chi connectivity index (χ0v) is 9.73. The number of aromatic amines is 1. The Morgan fingerprint density at radius 3 is 2.75 bits per heavy atom. The average Bonchev–Trinajstić information content (AvgIpc) is 2.74. The average molecular weight is 217 g/mol. The molecule has 0 aromatic carbocycles. The Kier molecular flexibility index (Phi) is 2.85. The number of imidazole rings is 1. The van der Waals surface area contributed by atoms with E-state index in [-0.39, 0.29) is 0 Å². The van der Waals surface area contributed by atoms with E-state index in [9.17, 15) is 0 Å². The van der Waals surface area contributed by atoms with Crippen LogP contribution in [0.15, 0.2) is 18.6 Å². The Labute approximate surface area is 94.6 Å². The van der Waals surface area contributed by atoms with Gasteiger partial charge in [-0.2, -0.15) is 0 Å². The smallest absolute Gasteiger partial charge is 0.225 e. The van der Waals surface area contributed by atoms with Gasteiger partial charge in [0.2, 0.25) is 5.95 Å². The molecular weight excluding hydrogens is 202 g/mol. The molecule has 1 N–H and O–H groups in total. The molecule has 16 heavy (non-hydrogen) atoms. The molecule has 0 atom stereocenters. The van der Waals surface area contributed by atoms with E-state index >= 15 is 0 Å². The SMILES string of the molecule is Cc1cnc(N(C)Cc2ncc[nH]2)nc1C. The van der Waals surface area contributed by atoms with Crippen molar-refractivity contribution in [2.75, 3.05) is 11.9 Å². The summed E-state index contributed by atoms with van der Waals surface area (Å²) < 4.78 is 0. The lowest BCUT2D eigenvalue weighted by Gasteiger charge is -2.16. The molecule has 0 radical (unpaired) electrons. The Hall–Kier alpha value is -1.91. The summed E-state index contributed by atoms with van der Waals surface area (Å²) in [6, 6.07) is 0. The van der Waals surface area contributed by atoms with Crippen LogP contribution >= 0.6 is 0 Å². The van der Waals surface area contributed by atoms with Crippen molar-refractivity contribution in [2.24, 2.45) is 0 Å². The molecule has 2 aromatic rings. The quantitative estimate of drug-likeness (QED) is 0.845. The largest absolute Gasteiger partial charge is 0.347 e. The minimum absolute atomic E-state index is 0.676. The molecule has 2 aromatic heterocycles. The fourth-order valence-corrected chi connectivity index (χ4v) is 1.38. The van der Waals surface area contributed by atoms with Gasteiger partial charge in [0.25, 0.3) is 0 Å². The maximum absolute atomic E-state index is 4.43. The van der Waals surface area contributed by atoms with Gasteiger partial charge in [0.15, 0.2) is 0 Å². The van der Waals surface area contributed by atoms with Crippen LogP contribution in [-0.4, -0.2) is 27.0 Å². The molecule has 5 nitrogen and oxygen atoms in total. The Morgan fingerprint density at radius 2 is 2.12 bits per heavy atom. The molecule has 0 spiro atoms. The first-order chi connectivity index (χ1) is 7.66. The van der Waals surface area contributed by atoms with Gasteiger partial charge in [-0.1, -0.05) is 0 Å². The van der Waals surface area contributed by atoms with Crippen LogP contribution in [0.25, 0.3) is 0 Å². The van der Waals surface area contributed by atoms with Crippen LogP contribution in [-0.2, 0) is 6.54 Å². The molecule has 0 saturated carbocycles. The number of nitrogens with one attached hydrogen (secondary N) is 1. The number of anilines is 1. The maximum atomic E-state index is 4.43. The maximum Gasteiger partial charge on any atom is 0.225 e. The third-order valence-corrected chi connectivity index (χ3v) is 2.50. The van der Waals surface area contributed by atoms with Gasteiger partial charge in [0.05, 0.1) is 6.54 Å². The Morgan fingerprint density at radius 1 is 1.31 bits per heavy atom. The number of nitrogens with zero attached hydrogens (tertiary/aromatic N) is 4. The van der Waals surface area contributed by atoms with Gasteiger partial charge in [0, 0.05) is 31.3 Å². The van der Waals surface area contributed by atoms with Crippen LogP contribution < -0.4 is 4.90 Å². The fourth-order valence-electron chi connectivity index (χ4n) is 1.38. The van der Waals surface area contributed by atoms with Gasteiger partial charge in [0.1, 0.15) is 5.82 Å². The van der Waals surface area contributed by atoms with Crippen molar-refractivity contribution >= 4 is 5.95 Å². The standard InChI is InChI=1S/C11H15N5/c1-8-6-14-11(15-9(8)2)16(3)7-10-12-4-5-13-10/h4-6H,7H2,1-3H3,(H,12,13). The normalized spacial score (nSPS) is 10.4. The van der Waals surface area contributed by atoms with Gasteiger partial charge < -0.3 is 9.88 Å². The molecule has 5 heteroatoms. The van der Waals surface area contributed by atoms with Crippen molar-refractivity contribution in [1.82, 2.24) is 19.9 Å². The molecule has 0 unspecified atom stereocenters. The molecule has 0 bridgehead atoms. The van der Waals surface area contributed by atoms with E-state index in [0.717, 1.165) is 23.0 Å². The van der Waals surface area contributed by atoms with E-state index in [0.29, 0.717) is 6.54 Å². The van der Waals surface area contributed by atoms with Gasteiger partial charge in [-0.25, -0.2) is 15.0 Å². The highest BCUT2D eigenvalue weighted by Gasteiger charge is 2.07. The van der Waals surface area contributed by atoms with E-state index in [2.05, 4.69) is 19.9 Å². The molecule has 0 aliphatic carbocycles. The molecular formula is C11H15N5. The lowest BCUT2D eigenvalue weighted by atomic mass is 10.3. The van der Waals surface area contributed by atoms with Crippen LogP contribution in [0.3, 0.4) is 0 Å². The molecule has 0 aliphatic rings. The summed E-state index contributed by atoms with van der Waals surface area (Å²) in [7, 11) is 1.95. The molecule has 0 saturated heterocycles. The van der Waals surface area contributed by atoms with Gasteiger partial charge in [-0.15, -0.1) is 0 Å². The van der Waals surface area contributed by atoms with E-state index in [1.165, 1.54) is 0 Å². The summed E-state index contributed by atoms with van der Waals surface area (Å²) in [6.45, 7) is 4.67. The molecule has 0 aliphatic heterocycles. The predicted octanol–water partition coefficient (Wildman–Crippen LogP) is 1.45. The lowest BCUT2D eigenvalue weighted by Crippen LogP contribution is -2.20. The second-order valence-corrected chi connectivity index (χ2v) is 3.83. The highest BCUT2D eigenvalue weighted by Crippen LogP contribution is 2.10. The van der Waals surface area contributed by atoms with Crippen LogP contribution in [0.4, 0.5) is 5.95 Å². The van der Waals surface area contributed by atoms with E-state index in [1.807, 2.05) is 38.2 Å². The zero-order chi connectivity index (χ0) is 11.5. The fraction of sp³-hybridized carbons (Fsp3) is 0.364. The van der Waals surface area contributed by atoms with Crippen LogP contribution in [0.5, 0.6) is 0 Å². The van der Waals surface area contributed by atoms with Crippen LogP contribution in [0, 0.1) is 13.8 Å². The molecule has 84 valence electrons. The van der Waals surface area contributed by atoms with Crippen molar-refractivity contribution in [3.8, 4) is 0 Å². The second kappa shape index (κ2) is 4.30. The van der Waals surface area contributed by atoms with Gasteiger partial charge >= 0.3 is 0 Å². The highest BCUT2D eigenvalue weighted by atomic mass is 15.2. The summed E-state index contributed by atoms with van der Waals surface area (Å²) in [5.41, 5.74) is 2.12. The summed E-state index contributed by atoms with van der Waals surface area (Å²) in [4.78, 5) is 17.9. The van der Waals surface area contributed by atoms with Crippen LogP contribution in [0.1, 0.15) is 17.1 Å². The summed E-state index contributed by atoms with van der Waals surface area (Å²) >= 11 is 0. The topological polar surface area (TPSA) is 57.7 Å². The predicted molar refractivity (Wildman–Crippen MR) is 62.2 cm³/mol. The highest BCUT2D eigenvalue weighted by molar-refractivity contribution is 5.31. The van der Waals surface area contributed by atoms with Crippen molar-refractivity contribution in [2.45, 2.75) is 20.4 Å². The monoisotopic (exact) mass is 217 g/mol. The van der Waals surface area contributed by atoms with E-state index < -0.39 is 0 Å². The summed E-state index contributed by atoms with van der Waals surface area (Å²) in [5.74, 6) is 1.63. The number of hydrogen-bond donors (Lipinski definition) is 1. The zero-order valence-electron chi connectivity index (χ0n) is 9.73. The first kappa shape index (κ1) is 10.6. The second-order valence-electron chi connectivity index (χ2n) is 3.83. The van der Waals surface area contributed by atoms with Crippen molar-refractivity contribution < 1.29 is 0 Å². The summed E-state index contributed by atoms with van der Waals surface area (Å²) in [5, 5.41) is 0. The molecule has 0 amide bonds. The van der Waals surface area contributed by atoms with Gasteiger partial charge in [-0.3, -0.25) is 0 Å². The van der Waals surface area contributed by atoms with Crippen LogP contribution in [0.2, 0.25) is 0 Å². The minimum atomic E-state index is 0.676. The number of hydrogen-bond acceptors (Lipinski definition) is 4. The Bertz CT molecular complexity index is 463. The number of rotatable bonds is 3. The number of aryl methyl sites for hydroxylation is 2. The lowest BCUT2D eigenvalue weighted by molar-refractivity contribution is 0.815. The number of H-pyrrole nitrogens is 1. The van der Waals surface area contributed by atoms with E-state index in [1.54, 1.807) is 6.20 Å². The Balaban J connectivity index is 2.14. The first-order valence-corrected chi connectivity index (χ1v) is 5.16. The minimum Gasteiger partial charge on any atom is -0.347 e. The first-order valence-electron chi connectivity index (χ1n) is 5.16. The molecule has 0 fully saturated rings. The molecule has 2 rings (SSSR count). The van der Waals surface area contributed by atoms with E-state index in [4.69, 9.17) is 0 Å². The molecule has 2 heterocycles. The van der Waals surface area contributed by atoms with Crippen molar-refractivity contribution in [1.29, 1.82) is 0 Å². The summed E-state index contributed by atoms with van der Waals surface area (Å²) in [6.07, 6.45) is 5.39. The number of aromatic nitrogens is 4. The van der Waals surface area contributed by atoms with Gasteiger partial charge in [-0.05, 0) is 19.4 Å². The van der Waals surface area contributed by atoms with Crippen molar-refractivity contribution in [3.63, 3.8) is 0 Å². The third-order valence-electron chi connectivity index (χ3n) is 2.50. The van der Waals surface area contributed by atoms with Crippen molar-refractivity contribution in [3.05, 3.63) is 35.7 Å². The third kappa shape index (κ3) is 2.18.